The highest BCUT2D eigenvalue weighted by molar-refractivity contribution is 7.22. The van der Waals surface area contributed by atoms with Gasteiger partial charge in [0.15, 0.2) is 10.3 Å². The lowest BCUT2D eigenvalue weighted by Gasteiger charge is -2.03. The molecule has 8 heteroatoms. The van der Waals surface area contributed by atoms with Gasteiger partial charge in [-0.2, -0.15) is 0 Å². The highest BCUT2D eigenvalue weighted by Crippen LogP contribution is 2.38. The third kappa shape index (κ3) is 2.83. The average Bonchev–Trinajstić information content (AvgIpc) is 3.33. The van der Waals surface area contributed by atoms with E-state index in [1.807, 2.05) is 23.6 Å². The van der Waals surface area contributed by atoms with Crippen molar-refractivity contribution in [2.24, 2.45) is 0 Å². The number of nitrogens with zero attached hydrogens (tertiary/aromatic N) is 2. The van der Waals surface area contributed by atoms with Gasteiger partial charge < -0.3 is 14.8 Å². The Balaban J connectivity index is 1.65. The molecule has 3 aromatic heterocycles. The van der Waals surface area contributed by atoms with Crippen LogP contribution < -0.4 is 14.8 Å². The fourth-order valence-electron chi connectivity index (χ4n) is 2.26. The number of methoxy groups -OCH3 is 2. The van der Waals surface area contributed by atoms with E-state index in [2.05, 4.69) is 26.7 Å². The Morgan fingerprint density at radius 2 is 1.96 bits per heavy atom. The van der Waals surface area contributed by atoms with Crippen LogP contribution >= 0.6 is 34.0 Å². The van der Waals surface area contributed by atoms with Gasteiger partial charge in [-0.3, -0.25) is 0 Å². The van der Waals surface area contributed by atoms with Crippen molar-refractivity contribution in [3.63, 3.8) is 0 Å². The van der Waals surface area contributed by atoms with Gasteiger partial charge in [-0.05, 0) is 17.5 Å². The number of hydrogen-bond acceptors (Lipinski definition) is 8. The maximum absolute atomic E-state index is 5.41. The zero-order chi connectivity index (χ0) is 16.5. The third-order valence-corrected chi connectivity index (χ3v) is 5.95. The normalized spacial score (nSPS) is 10.9. The first-order valence-electron chi connectivity index (χ1n) is 7.06. The molecule has 5 nitrogen and oxygen atoms in total. The molecule has 24 heavy (non-hydrogen) atoms. The number of thiophene rings is 1. The van der Waals surface area contributed by atoms with E-state index in [4.69, 9.17) is 9.47 Å². The van der Waals surface area contributed by atoms with Crippen LogP contribution in [0.5, 0.6) is 11.5 Å². The van der Waals surface area contributed by atoms with Crippen LogP contribution in [0.2, 0.25) is 0 Å². The Bertz CT molecular complexity index is 976. The summed E-state index contributed by atoms with van der Waals surface area (Å²) >= 11 is 4.79. The summed E-state index contributed by atoms with van der Waals surface area (Å²) in [5.74, 6) is 1.45. The van der Waals surface area contributed by atoms with E-state index in [9.17, 15) is 0 Å². The highest BCUT2D eigenvalue weighted by Gasteiger charge is 2.13. The van der Waals surface area contributed by atoms with E-state index < -0.39 is 0 Å². The molecule has 0 radical (unpaired) electrons. The number of anilines is 2. The van der Waals surface area contributed by atoms with Crippen LogP contribution in [0.4, 0.5) is 10.3 Å². The summed E-state index contributed by atoms with van der Waals surface area (Å²) in [5.41, 5.74) is 1.80. The lowest BCUT2D eigenvalue weighted by Crippen LogP contribution is -1.89. The number of thiazole rings is 2. The van der Waals surface area contributed by atoms with Gasteiger partial charge in [-0.25, -0.2) is 9.97 Å². The molecule has 1 N–H and O–H groups in total. The van der Waals surface area contributed by atoms with Crippen molar-refractivity contribution in [2.75, 3.05) is 19.5 Å². The number of rotatable bonds is 5. The molecular formula is C16H13N3O2S3. The second kappa shape index (κ2) is 6.39. The molecule has 3 heterocycles. The van der Waals surface area contributed by atoms with E-state index in [0.717, 1.165) is 36.8 Å². The molecule has 0 bridgehead atoms. The number of hydrogen-bond donors (Lipinski definition) is 1. The second-order valence-electron chi connectivity index (χ2n) is 4.84. The summed E-state index contributed by atoms with van der Waals surface area (Å²) < 4.78 is 11.7. The summed E-state index contributed by atoms with van der Waals surface area (Å²) in [5, 5.41) is 8.99. The van der Waals surface area contributed by atoms with E-state index >= 15 is 0 Å². The van der Waals surface area contributed by atoms with Crippen molar-refractivity contribution in [3.8, 4) is 22.1 Å². The molecule has 0 saturated heterocycles. The Kier molecular flexibility index (Phi) is 4.09. The van der Waals surface area contributed by atoms with Crippen molar-refractivity contribution in [1.29, 1.82) is 0 Å². The zero-order valence-corrected chi connectivity index (χ0v) is 15.3. The molecule has 122 valence electrons. The molecule has 1 aromatic carbocycles. The molecular weight excluding hydrogens is 362 g/mol. The Hall–Kier alpha value is -2.16. The van der Waals surface area contributed by atoms with Crippen LogP contribution in [0.25, 0.3) is 20.8 Å². The quantitative estimate of drug-likeness (QED) is 0.517. The lowest BCUT2D eigenvalue weighted by molar-refractivity contribution is 0.397. The molecule has 0 fully saturated rings. The Morgan fingerprint density at radius 1 is 1.04 bits per heavy atom. The van der Waals surface area contributed by atoms with Crippen molar-refractivity contribution in [1.82, 2.24) is 9.97 Å². The van der Waals surface area contributed by atoms with Crippen LogP contribution in [0.15, 0.2) is 35.0 Å². The number of benzene rings is 1. The average molecular weight is 376 g/mol. The zero-order valence-electron chi connectivity index (χ0n) is 12.9. The molecule has 0 spiro atoms. The summed E-state index contributed by atoms with van der Waals surface area (Å²) in [6.45, 7) is 0. The monoisotopic (exact) mass is 375 g/mol. The van der Waals surface area contributed by atoms with Gasteiger partial charge >= 0.3 is 0 Å². The van der Waals surface area contributed by atoms with Crippen molar-refractivity contribution in [3.05, 3.63) is 35.0 Å². The van der Waals surface area contributed by atoms with Gasteiger partial charge in [0.2, 0.25) is 0 Å². The van der Waals surface area contributed by atoms with Crippen LogP contribution in [-0.2, 0) is 0 Å². The molecule has 0 amide bonds. The lowest BCUT2D eigenvalue weighted by atomic mass is 10.3. The number of fused-ring (bicyclic) bond motifs is 1. The Morgan fingerprint density at radius 3 is 2.71 bits per heavy atom. The van der Waals surface area contributed by atoms with Crippen LogP contribution in [0, 0.1) is 0 Å². The number of ether oxygens (including phenoxy) is 2. The number of nitrogens with one attached hydrogen (secondary N) is 1. The fraction of sp³-hybridized carbons (Fsp3) is 0.125. The fourth-order valence-corrected chi connectivity index (χ4v) is 4.71. The predicted octanol–water partition coefficient (Wildman–Crippen LogP) is 5.24. The smallest absolute Gasteiger partial charge is 0.190 e. The van der Waals surface area contributed by atoms with Crippen molar-refractivity contribution < 1.29 is 9.47 Å². The minimum absolute atomic E-state index is 0.701. The molecule has 0 aliphatic carbocycles. The van der Waals surface area contributed by atoms with Gasteiger partial charge in [-0.1, -0.05) is 17.4 Å². The van der Waals surface area contributed by atoms with E-state index in [-0.39, 0.29) is 0 Å². The maximum atomic E-state index is 5.41. The summed E-state index contributed by atoms with van der Waals surface area (Å²) in [4.78, 5) is 10.4. The molecule has 0 aliphatic rings. The summed E-state index contributed by atoms with van der Waals surface area (Å²) in [6.07, 6.45) is 0. The summed E-state index contributed by atoms with van der Waals surface area (Å²) in [7, 11) is 3.28. The molecule has 4 aromatic rings. The molecule has 4 rings (SSSR count). The highest BCUT2D eigenvalue weighted by atomic mass is 32.1. The Labute approximate surface area is 150 Å². The van der Waals surface area contributed by atoms with Gasteiger partial charge in [0.05, 0.1) is 29.5 Å². The molecule has 0 aliphatic heterocycles. The van der Waals surface area contributed by atoms with E-state index in [0.29, 0.717) is 5.75 Å². The topological polar surface area (TPSA) is 56.3 Å². The molecule has 0 atom stereocenters. The van der Waals surface area contributed by atoms with Gasteiger partial charge in [0, 0.05) is 11.4 Å². The van der Waals surface area contributed by atoms with Crippen molar-refractivity contribution >= 4 is 54.5 Å². The first kappa shape index (κ1) is 15.4. The second-order valence-corrected chi connectivity index (χ2v) is 7.67. The minimum atomic E-state index is 0.701. The SMILES string of the molecule is COc1cc(OC)c2nc(Nc3nc(-c4cccs4)cs3)sc2c1. The van der Waals surface area contributed by atoms with Gasteiger partial charge in [0.25, 0.3) is 0 Å². The van der Waals surface area contributed by atoms with Gasteiger partial charge in [-0.15, -0.1) is 22.7 Å². The minimum Gasteiger partial charge on any atom is -0.497 e. The van der Waals surface area contributed by atoms with Crippen LogP contribution in [-0.4, -0.2) is 24.2 Å². The largest absolute Gasteiger partial charge is 0.497 e. The van der Waals surface area contributed by atoms with Crippen LogP contribution in [0.3, 0.4) is 0 Å². The standard InChI is InChI=1S/C16H13N3O2S3/c1-20-9-6-11(21-2)14-13(7-9)24-16(18-14)19-15-17-10(8-23-15)12-4-3-5-22-12/h3-8H,1-2H3,(H,17,18,19). The number of aromatic nitrogens is 2. The molecule has 0 saturated carbocycles. The molecule has 0 unspecified atom stereocenters. The van der Waals surface area contributed by atoms with Crippen LogP contribution in [0.1, 0.15) is 0 Å². The predicted molar refractivity (Wildman–Crippen MR) is 101 cm³/mol. The van der Waals surface area contributed by atoms with Crippen molar-refractivity contribution in [2.45, 2.75) is 0 Å². The summed E-state index contributed by atoms with van der Waals surface area (Å²) in [6, 6.07) is 7.89. The first-order chi connectivity index (χ1) is 11.8. The maximum Gasteiger partial charge on any atom is 0.190 e. The van der Waals surface area contributed by atoms with Gasteiger partial charge in [0.1, 0.15) is 17.0 Å². The van der Waals surface area contributed by atoms with E-state index in [1.165, 1.54) is 0 Å². The van der Waals surface area contributed by atoms with E-state index in [1.54, 1.807) is 48.2 Å². The third-order valence-electron chi connectivity index (χ3n) is 3.38. The first-order valence-corrected chi connectivity index (χ1v) is 9.63.